The molecule has 0 spiro atoms. The van der Waals surface area contributed by atoms with Crippen LogP contribution in [0.2, 0.25) is 0 Å². The molecule has 0 amide bonds. The fourth-order valence-electron chi connectivity index (χ4n) is 1.90. The monoisotopic (exact) mass is 222 g/mol. The lowest BCUT2D eigenvalue weighted by Gasteiger charge is -2.12. The second kappa shape index (κ2) is 6.41. The van der Waals surface area contributed by atoms with E-state index in [0.717, 1.165) is 42.6 Å². The number of aromatic hydroxyl groups is 1. The van der Waals surface area contributed by atoms with E-state index in [1.54, 1.807) is 0 Å². The van der Waals surface area contributed by atoms with Crippen LogP contribution < -0.4 is 4.74 Å². The summed E-state index contributed by atoms with van der Waals surface area (Å²) in [5.74, 6) is 1.35. The van der Waals surface area contributed by atoms with Crippen LogP contribution in [0, 0.1) is 0 Å². The summed E-state index contributed by atoms with van der Waals surface area (Å²) < 4.78 is 5.52. The van der Waals surface area contributed by atoms with E-state index in [-0.39, 0.29) is 0 Å². The Morgan fingerprint density at radius 2 is 1.50 bits per heavy atom. The summed E-state index contributed by atoms with van der Waals surface area (Å²) in [6.45, 7) is 6.88. The maximum Gasteiger partial charge on any atom is 0.122 e. The van der Waals surface area contributed by atoms with Gasteiger partial charge in [-0.05, 0) is 43.0 Å². The van der Waals surface area contributed by atoms with Gasteiger partial charge in [0, 0.05) is 0 Å². The van der Waals surface area contributed by atoms with Crippen molar-refractivity contribution in [2.45, 2.75) is 46.5 Å². The first-order valence-corrected chi connectivity index (χ1v) is 6.20. The normalized spacial score (nSPS) is 10.4. The average Bonchev–Trinajstić information content (AvgIpc) is 2.26. The topological polar surface area (TPSA) is 29.5 Å². The Labute approximate surface area is 98.3 Å². The molecule has 1 aromatic rings. The largest absolute Gasteiger partial charge is 0.507 e. The van der Waals surface area contributed by atoms with Crippen LogP contribution in [0.3, 0.4) is 0 Å². The minimum atomic E-state index is 0.465. The van der Waals surface area contributed by atoms with Crippen molar-refractivity contribution in [1.82, 2.24) is 0 Å². The molecule has 0 fully saturated rings. The van der Waals surface area contributed by atoms with Gasteiger partial charge in [-0.15, -0.1) is 0 Å². The number of phenolic OH excluding ortho intramolecular Hbond substituents is 1. The van der Waals surface area contributed by atoms with Gasteiger partial charge in [0.1, 0.15) is 11.5 Å². The molecule has 0 heterocycles. The summed E-state index contributed by atoms with van der Waals surface area (Å²) in [4.78, 5) is 0. The molecule has 0 bridgehead atoms. The van der Waals surface area contributed by atoms with Crippen LogP contribution in [0.25, 0.3) is 0 Å². The molecule has 2 heteroatoms. The molecular weight excluding hydrogens is 200 g/mol. The van der Waals surface area contributed by atoms with Crippen LogP contribution in [-0.2, 0) is 12.8 Å². The fraction of sp³-hybridized carbons (Fsp3) is 0.571. The lowest BCUT2D eigenvalue weighted by atomic mass is 10.0. The number of ether oxygens (including phenoxy) is 1. The third kappa shape index (κ3) is 3.16. The fourth-order valence-corrected chi connectivity index (χ4v) is 1.90. The quantitative estimate of drug-likeness (QED) is 0.795. The minimum Gasteiger partial charge on any atom is -0.507 e. The predicted molar refractivity (Wildman–Crippen MR) is 67.3 cm³/mol. The van der Waals surface area contributed by atoms with E-state index in [1.807, 2.05) is 19.1 Å². The summed E-state index contributed by atoms with van der Waals surface area (Å²) in [6, 6.07) is 3.92. The zero-order chi connectivity index (χ0) is 12.0. The molecule has 0 atom stereocenters. The Morgan fingerprint density at radius 3 is 1.88 bits per heavy atom. The van der Waals surface area contributed by atoms with Gasteiger partial charge in [0.2, 0.25) is 0 Å². The van der Waals surface area contributed by atoms with E-state index in [1.165, 1.54) is 0 Å². The Kier molecular flexibility index (Phi) is 5.17. The van der Waals surface area contributed by atoms with Gasteiger partial charge >= 0.3 is 0 Å². The van der Waals surface area contributed by atoms with E-state index in [0.29, 0.717) is 12.4 Å². The molecule has 2 nitrogen and oxygen atoms in total. The highest BCUT2D eigenvalue weighted by atomic mass is 16.5. The van der Waals surface area contributed by atoms with Crippen molar-refractivity contribution in [2.75, 3.05) is 6.61 Å². The Balaban J connectivity index is 3.05. The van der Waals surface area contributed by atoms with E-state index >= 15 is 0 Å². The van der Waals surface area contributed by atoms with Crippen LogP contribution in [0.5, 0.6) is 11.5 Å². The minimum absolute atomic E-state index is 0.465. The van der Waals surface area contributed by atoms with Gasteiger partial charge in [-0.3, -0.25) is 0 Å². The number of phenols is 1. The zero-order valence-corrected chi connectivity index (χ0v) is 10.5. The third-order valence-corrected chi connectivity index (χ3v) is 2.59. The Hall–Kier alpha value is -1.18. The molecule has 0 aliphatic rings. The first kappa shape index (κ1) is 12.9. The molecule has 0 aliphatic heterocycles. The van der Waals surface area contributed by atoms with Crippen LogP contribution in [0.4, 0.5) is 0 Å². The summed E-state index contributed by atoms with van der Waals surface area (Å²) >= 11 is 0. The number of aryl methyl sites for hydroxylation is 2. The smallest absolute Gasteiger partial charge is 0.122 e. The second-order valence-electron chi connectivity index (χ2n) is 4.02. The number of benzene rings is 1. The molecule has 1 N–H and O–H groups in total. The number of hydrogen-bond acceptors (Lipinski definition) is 2. The molecule has 0 saturated heterocycles. The highest BCUT2D eigenvalue weighted by Crippen LogP contribution is 2.30. The number of hydrogen-bond donors (Lipinski definition) is 1. The van der Waals surface area contributed by atoms with Crippen LogP contribution in [0.15, 0.2) is 12.1 Å². The molecule has 0 aliphatic carbocycles. The van der Waals surface area contributed by atoms with Crippen LogP contribution >= 0.6 is 0 Å². The van der Waals surface area contributed by atoms with Crippen molar-refractivity contribution in [2.24, 2.45) is 0 Å². The molecule has 0 aromatic heterocycles. The predicted octanol–water partition coefficient (Wildman–Crippen LogP) is 3.70. The average molecular weight is 222 g/mol. The molecule has 1 rings (SSSR count). The Morgan fingerprint density at radius 1 is 1.00 bits per heavy atom. The van der Waals surface area contributed by atoms with Gasteiger partial charge in [0.25, 0.3) is 0 Å². The molecular formula is C14H22O2. The van der Waals surface area contributed by atoms with Crippen molar-refractivity contribution >= 4 is 0 Å². The van der Waals surface area contributed by atoms with E-state index in [4.69, 9.17) is 4.74 Å². The van der Waals surface area contributed by atoms with Gasteiger partial charge in [0.05, 0.1) is 6.61 Å². The van der Waals surface area contributed by atoms with Crippen LogP contribution in [0.1, 0.15) is 44.7 Å². The van der Waals surface area contributed by atoms with Gasteiger partial charge < -0.3 is 9.84 Å². The Bertz CT molecular complexity index is 305. The summed E-state index contributed by atoms with van der Waals surface area (Å²) in [7, 11) is 0. The molecule has 0 unspecified atom stereocenters. The van der Waals surface area contributed by atoms with Gasteiger partial charge in [-0.2, -0.15) is 0 Å². The summed E-state index contributed by atoms with van der Waals surface area (Å²) in [5, 5.41) is 10.1. The molecule has 16 heavy (non-hydrogen) atoms. The standard InChI is InChI=1S/C14H22O2/c1-4-7-11-9-13(16-6-3)10-12(8-5-2)14(11)15/h9-10,15H,4-8H2,1-3H3. The third-order valence-electron chi connectivity index (χ3n) is 2.59. The number of rotatable bonds is 6. The van der Waals surface area contributed by atoms with Crippen molar-refractivity contribution in [3.8, 4) is 11.5 Å². The first-order valence-electron chi connectivity index (χ1n) is 6.20. The van der Waals surface area contributed by atoms with Gasteiger partial charge in [-0.1, -0.05) is 26.7 Å². The molecule has 0 saturated carbocycles. The lowest BCUT2D eigenvalue weighted by Crippen LogP contribution is -1.97. The maximum atomic E-state index is 10.1. The lowest BCUT2D eigenvalue weighted by molar-refractivity contribution is 0.338. The molecule has 90 valence electrons. The van der Waals surface area contributed by atoms with E-state index in [2.05, 4.69) is 13.8 Å². The maximum absolute atomic E-state index is 10.1. The second-order valence-corrected chi connectivity index (χ2v) is 4.02. The summed E-state index contributed by atoms with van der Waals surface area (Å²) in [6.07, 6.45) is 3.89. The van der Waals surface area contributed by atoms with Gasteiger partial charge in [0.15, 0.2) is 0 Å². The summed E-state index contributed by atoms with van der Waals surface area (Å²) in [5.41, 5.74) is 2.02. The van der Waals surface area contributed by atoms with Crippen molar-refractivity contribution < 1.29 is 9.84 Å². The van der Waals surface area contributed by atoms with Crippen LogP contribution in [-0.4, -0.2) is 11.7 Å². The zero-order valence-electron chi connectivity index (χ0n) is 10.5. The van der Waals surface area contributed by atoms with Gasteiger partial charge in [-0.25, -0.2) is 0 Å². The van der Waals surface area contributed by atoms with E-state index in [9.17, 15) is 5.11 Å². The van der Waals surface area contributed by atoms with Crippen molar-refractivity contribution in [3.05, 3.63) is 23.3 Å². The first-order chi connectivity index (χ1) is 7.72. The van der Waals surface area contributed by atoms with Crippen molar-refractivity contribution in [1.29, 1.82) is 0 Å². The van der Waals surface area contributed by atoms with E-state index < -0.39 is 0 Å². The highest BCUT2D eigenvalue weighted by Gasteiger charge is 2.09. The SMILES string of the molecule is CCCc1cc(OCC)cc(CCC)c1O. The van der Waals surface area contributed by atoms with Crippen molar-refractivity contribution in [3.63, 3.8) is 0 Å². The molecule has 0 radical (unpaired) electrons. The molecule has 1 aromatic carbocycles. The highest BCUT2D eigenvalue weighted by molar-refractivity contribution is 5.46.